The first kappa shape index (κ1) is 21.5. The van der Waals surface area contributed by atoms with Gasteiger partial charge in [0.25, 0.3) is 0 Å². The predicted molar refractivity (Wildman–Crippen MR) is 114 cm³/mol. The van der Waals surface area contributed by atoms with Crippen molar-refractivity contribution in [1.82, 2.24) is 10.2 Å². The number of amides is 2. The van der Waals surface area contributed by atoms with Crippen LogP contribution in [-0.2, 0) is 20.9 Å². The average Bonchev–Trinajstić information content (AvgIpc) is 2.76. The topological polar surface area (TPSA) is 87.7 Å². The normalized spacial score (nSPS) is 14.7. The van der Waals surface area contributed by atoms with Crippen molar-refractivity contribution < 1.29 is 19.1 Å². The van der Waals surface area contributed by atoms with Crippen LogP contribution in [-0.4, -0.2) is 48.4 Å². The Morgan fingerprint density at radius 2 is 1.63 bits per heavy atom. The highest BCUT2D eigenvalue weighted by atomic mass is 16.5. The smallest absolute Gasteiger partial charge is 0.340 e. The molecule has 0 radical (unpaired) electrons. The second kappa shape index (κ2) is 10.5. The summed E-state index contributed by atoms with van der Waals surface area (Å²) in [5.74, 6) is -2.03. The van der Waals surface area contributed by atoms with Gasteiger partial charge in [-0.1, -0.05) is 42.5 Å². The second-order valence-electron chi connectivity index (χ2n) is 7.23. The van der Waals surface area contributed by atoms with Gasteiger partial charge in [0.2, 0.25) is 0 Å². The van der Waals surface area contributed by atoms with Gasteiger partial charge in [-0.2, -0.15) is 0 Å². The molecule has 0 atom stereocenters. The van der Waals surface area contributed by atoms with Gasteiger partial charge in [-0.15, -0.1) is 0 Å². The van der Waals surface area contributed by atoms with Gasteiger partial charge in [0.15, 0.2) is 0 Å². The third-order valence-corrected chi connectivity index (χ3v) is 5.05. The van der Waals surface area contributed by atoms with E-state index in [2.05, 4.69) is 27.7 Å². The number of benzene rings is 2. The van der Waals surface area contributed by atoms with Gasteiger partial charge >= 0.3 is 17.8 Å². The standard InChI is InChI=1S/C23H27N3O4/c1-2-30-23(29)19-10-6-7-11-20(19)25-22(28)21(27)24-18-12-14-26(15-13-18)16-17-8-4-3-5-9-17/h3-11,18H,2,12-16H2,1H3,(H,24,27)(H,25,28). The van der Waals surface area contributed by atoms with E-state index >= 15 is 0 Å². The Hall–Kier alpha value is -3.19. The molecule has 1 aliphatic rings. The van der Waals surface area contributed by atoms with E-state index in [9.17, 15) is 14.4 Å². The minimum atomic E-state index is -0.793. The Balaban J connectivity index is 1.49. The van der Waals surface area contributed by atoms with Crippen molar-refractivity contribution in [3.8, 4) is 0 Å². The van der Waals surface area contributed by atoms with Crippen molar-refractivity contribution in [2.24, 2.45) is 0 Å². The summed E-state index contributed by atoms with van der Waals surface area (Å²) in [5, 5.41) is 5.32. The molecule has 2 aromatic rings. The lowest BCUT2D eigenvalue weighted by Gasteiger charge is -2.32. The van der Waals surface area contributed by atoms with E-state index in [0.29, 0.717) is 0 Å². The molecule has 1 saturated heterocycles. The SMILES string of the molecule is CCOC(=O)c1ccccc1NC(=O)C(=O)NC1CCN(Cc2ccccc2)CC1. The van der Waals surface area contributed by atoms with Crippen LogP contribution < -0.4 is 10.6 Å². The summed E-state index contributed by atoms with van der Waals surface area (Å²) in [5.41, 5.74) is 1.74. The van der Waals surface area contributed by atoms with E-state index in [4.69, 9.17) is 4.74 Å². The molecule has 3 rings (SSSR count). The lowest BCUT2D eigenvalue weighted by molar-refractivity contribution is -0.136. The first-order chi connectivity index (χ1) is 14.6. The number of rotatable bonds is 6. The Morgan fingerprint density at radius 3 is 2.33 bits per heavy atom. The van der Waals surface area contributed by atoms with E-state index in [1.807, 2.05) is 18.2 Å². The summed E-state index contributed by atoms with van der Waals surface area (Å²) in [7, 11) is 0. The average molecular weight is 409 g/mol. The van der Waals surface area contributed by atoms with Crippen LogP contribution in [0, 0.1) is 0 Å². The highest BCUT2D eigenvalue weighted by Crippen LogP contribution is 2.17. The molecular weight excluding hydrogens is 382 g/mol. The number of anilines is 1. The highest BCUT2D eigenvalue weighted by molar-refractivity contribution is 6.40. The predicted octanol–water partition coefficient (Wildman–Crippen LogP) is 2.58. The van der Waals surface area contributed by atoms with Crippen LogP contribution in [0.4, 0.5) is 5.69 Å². The molecule has 0 bridgehead atoms. The van der Waals surface area contributed by atoms with Crippen LogP contribution in [0.1, 0.15) is 35.7 Å². The second-order valence-corrected chi connectivity index (χ2v) is 7.23. The minimum absolute atomic E-state index is 0.0458. The quantitative estimate of drug-likeness (QED) is 0.566. The van der Waals surface area contributed by atoms with Crippen LogP contribution in [0.25, 0.3) is 0 Å². The molecular formula is C23H27N3O4. The molecule has 0 aromatic heterocycles. The molecule has 158 valence electrons. The molecule has 0 spiro atoms. The molecule has 0 unspecified atom stereocenters. The van der Waals surface area contributed by atoms with Crippen molar-refractivity contribution in [3.63, 3.8) is 0 Å². The molecule has 1 aliphatic heterocycles. The third kappa shape index (κ3) is 5.90. The van der Waals surface area contributed by atoms with Crippen molar-refractivity contribution in [2.45, 2.75) is 32.4 Å². The molecule has 1 heterocycles. The zero-order valence-electron chi connectivity index (χ0n) is 17.1. The summed E-state index contributed by atoms with van der Waals surface area (Å²) >= 11 is 0. The molecule has 7 heteroatoms. The van der Waals surface area contributed by atoms with E-state index in [1.54, 1.807) is 31.2 Å². The Morgan fingerprint density at radius 1 is 0.967 bits per heavy atom. The first-order valence-electron chi connectivity index (χ1n) is 10.2. The number of esters is 1. The number of carbonyl (C=O) groups excluding carboxylic acids is 3. The number of carbonyl (C=O) groups is 3. The van der Waals surface area contributed by atoms with E-state index in [-0.39, 0.29) is 23.9 Å². The van der Waals surface area contributed by atoms with Gasteiger partial charge in [0.1, 0.15) is 0 Å². The maximum atomic E-state index is 12.3. The number of para-hydroxylation sites is 1. The first-order valence-corrected chi connectivity index (χ1v) is 10.2. The fourth-order valence-electron chi connectivity index (χ4n) is 3.49. The maximum Gasteiger partial charge on any atom is 0.340 e. The molecule has 0 aliphatic carbocycles. The van der Waals surface area contributed by atoms with Crippen molar-refractivity contribution in [2.75, 3.05) is 25.0 Å². The van der Waals surface area contributed by atoms with Crippen molar-refractivity contribution in [1.29, 1.82) is 0 Å². The van der Waals surface area contributed by atoms with Gasteiger partial charge < -0.3 is 15.4 Å². The number of hydrogen-bond acceptors (Lipinski definition) is 5. The Labute approximate surface area is 176 Å². The van der Waals surface area contributed by atoms with Gasteiger partial charge in [0.05, 0.1) is 17.9 Å². The Bertz CT molecular complexity index is 877. The molecule has 2 amide bonds. The van der Waals surface area contributed by atoms with Crippen LogP contribution in [0.5, 0.6) is 0 Å². The van der Waals surface area contributed by atoms with Gasteiger partial charge in [-0.3, -0.25) is 14.5 Å². The third-order valence-electron chi connectivity index (χ3n) is 5.05. The van der Waals surface area contributed by atoms with Gasteiger partial charge in [-0.25, -0.2) is 4.79 Å². The highest BCUT2D eigenvalue weighted by Gasteiger charge is 2.24. The number of nitrogens with zero attached hydrogens (tertiary/aromatic N) is 1. The van der Waals surface area contributed by atoms with Crippen molar-refractivity contribution >= 4 is 23.5 Å². The lowest BCUT2D eigenvalue weighted by atomic mass is 10.0. The van der Waals surface area contributed by atoms with E-state index in [1.165, 1.54) is 5.56 Å². The maximum absolute atomic E-state index is 12.3. The molecule has 0 saturated carbocycles. The summed E-state index contributed by atoms with van der Waals surface area (Å²) in [6.45, 7) is 4.52. The van der Waals surface area contributed by atoms with Crippen LogP contribution in [0.3, 0.4) is 0 Å². The Kier molecular flexibility index (Phi) is 7.57. The zero-order valence-corrected chi connectivity index (χ0v) is 17.1. The summed E-state index contributed by atoms with van der Waals surface area (Å²) < 4.78 is 4.99. The molecule has 1 fully saturated rings. The number of nitrogens with one attached hydrogen (secondary N) is 2. The molecule has 2 N–H and O–H groups in total. The molecule has 7 nitrogen and oxygen atoms in total. The number of ether oxygens (including phenoxy) is 1. The van der Waals surface area contributed by atoms with Crippen LogP contribution >= 0.6 is 0 Å². The lowest BCUT2D eigenvalue weighted by Crippen LogP contribution is -2.47. The monoisotopic (exact) mass is 409 g/mol. The van der Waals surface area contributed by atoms with Gasteiger partial charge in [-0.05, 0) is 37.5 Å². The summed E-state index contributed by atoms with van der Waals surface area (Å²) in [6, 6.07) is 16.7. The number of hydrogen-bond donors (Lipinski definition) is 2. The van der Waals surface area contributed by atoms with Crippen LogP contribution in [0.15, 0.2) is 54.6 Å². The fraction of sp³-hybridized carbons (Fsp3) is 0.348. The number of piperidine rings is 1. The number of likely N-dealkylation sites (tertiary alicyclic amines) is 1. The van der Waals surface area contributed by atoms with Crippen molar-refractivity contribution in [3.05, 3.63) is 65.7 Å². The molecule has 30 heavy (non-hydrogen) atoms. The largest absolute Gasteiger partial charge is 0.462 e. The minimum Gasteiger partial charge on any atom is -0.462 e. The zero-order chi connectivity index (χ0) is 21.3. The molecule has 2 aromatic carbocycles. The van der Waals surface area contributed by atoms with E-state index in [0.717, 1.165) is 32.5 Å². The van der Waals surface area contributed by atoms with E-state index < -0.39 is 17.8 Å². The summed E-state index contributed by atoms with van der Waals surface area (Å²) in [6.07, 6.45) is 1.57. The van der Waals surface area contributed by atoms with Crippen LogP contribution in [0.2, 0.25) is 0 Å². The fourth-order valence-corrected chi connectivity index (χ4v) is 3.49. The van der Waals surface area contributed by atoms with Gasteiger partial charge in [0, 0.05) is 25.7 Å². The summed E-state index contributed by atoms with van der Waals surface area (Å²) in [4.78, 5) is 39.0.